The number of carbonyl (C=O) groups is 3. The molecule has 0 bridgehead atoms. The minimum absolute atomic E-state index is 0.0310. The number of aromatic nitrogens is 1. The van der Waals surface area contributed by atoms with Crippen LogP contribution in [-0.4, -0.2) is 83.5 Å². The molecular weight excluding hydrogens is 435 g/mol. The molecule has 0 radical (unpaired) electrons. The summed E-state index contributed by atoms with van der Waals surface area (Å²) in [4.78, 5) is 42.4. The van der Waals surface area contributed by atoms with Crippen LogP contribution in [0.25, 0.3) is 11.1 Å². The molecule has 0 spiro atoms. The van der Waals surface area contributed by atoms with Gasteiger partial charge in [-0.1, -0.05) is 0 Å². The highest BCUT2D eigenvalue weighted by atomic mass is 19.1. The van der Waals surface area contributed by atoms with Crippen LogP contribution >= 0.6 is 0 Å². The highest BCUT2D eigenvalue weighted by Gasteiger charge is 2.32. The Morgan fingerprint density at radius 1 is 1.24 bits per heavy atom. The van der Waals surface area contributed by atoms with Crippen LogP contribution in [0.5, 0.6) is 0 Å². The molecule has 176 valence electrons. The summed E-state index contributed by atoms with van der Waals surface area (Å²) in [6, 6.07) is 7.22. The maximum atomic E-state index is 15.0. The Morgan fingerprint density at radius 3 is 2.61 bits per heavy atom. The van der Waals surface area contributed by atoms with E-state index in [1.54, 1.807) is 12.1 Å². The van der Waals surface area contributed by atoms with Crippen LogP contribution in [0, 0.1) is 5.82 Å². The molecule has 1 fully saturated rings. The minimum Gasteiger partial charge on any atom is -0.442 e. The summed E-state index contributed by atoms with van der Waals surface area (Å²) in [6.45, 7) is 1.20. The number of hydrogen-bond acceptors (Lipinski definition) is 7. The second-order valence-electron chi connectivity index (χ2n) is 7.39. The number of anilines is 1. The average molecular weight is 460 g/mol. The van der Waals surface area contributed by atoms with E-state index < -0.39 is 23.9 Å². The van der Waals surface area contributed by atoms with Gasteiger partial charge in [-0.25, -0.2) is 9.18 Å². The number of amides is 3. The molecule has 2 heterocycles. The van der Waals surface area contributed by atoms with Crippen LogP contribution in [0.15, 0.2) is 36.5 Å². The van der Waals surface area contributed by atoms with Crippen molar-refractivity contribution in [2.24, 2.45) is 0 Å². The smallest absolute Gasteiger partial charge is 0.414 e. The Morgan fingerprint density at radius 2 is 1.97 bits per heavy atom. The van der Waals surface area contributed by atoms with E-state index in [4.69, 9.17) is 14.9 Å². The molecular formula is C22H25FN4O6. The number of pyridine rings is 1. The second-order valence-corrected chi connectivity index (χ2v) is 7.39. The molecule has 1 aliphatic heterocycles. The zero-order chi connectivity index (χ0) is 24.0. The Labute approximate surface area is 189 Å². The third-order valence-corrected chi connectivity index (χ3v) is 5.03. The van der Waals surface area contributed by atoms with Crippen molar-refractivity contribution >= 4 is 23.6 Å². The fourth-order valence-electron chi connectivity index (χ4n) is 3.44. The zero-order valence-corrected chi connectivity index (χ0v) is 18.0. The predicted octanol–water partition coefficient (Wildman–Crippen LogP) is 0.776. The van der Waals surface area contributed by atoms with Gasteiger partial charge in [-0.15, -0.1) is 0 Å². The number of nitrogens with one attached hydrogen (secondary N) is 1. The standard InChI is InChI=1S/C22H25FN4O6/c1-14(30)25-12-17-13-27(22(32)33-17)16-2-3-18(19(23)11-16)15-4-5-24-20(10-15)21(31)26(6-8-28)7-9-29/h2-5,10-11,17,28-29H,6-9,12-13H2,1H3,(H,25,30)/t17-/m0/s1. The van der Waals surface area contributed by atoms with E-state index in [1.165, 1.54) is 41.1 Å². The van der Waals surface area contributed by atoms with Gasteiger partial charge in [-0.3, -0.25) is 19.5 Å². The molecule has 2 aromatic rings. The number of aliphatic hydroxyl groups is 2. The van der Waals surface area contributed by atoms with E-state index in [2.05, 4.69) is 10.3 Å². The number of rotatable bonds is 9. The molecule has 1 aromatic carbocycles. The summed E-state index contributed by atoms with van der Waals surface area (Å²) < 4.78 is 20.2. The molecule has 3 amide bonds. The molecule has 11 heteroatoms. The largest absolute Gasteiger partial charge is 0.442 e. The quantitative estimate of drug-likeness (QED) is 0.504. The lowest BCUT2D eigenvalue weighted by molar-refractivity contribution is -0.119. The number of benzene rings is 1. The van der Waals surface area contributed by atoms with Gasteiger partial charge < -0.3 is 25.2 Å². The van der Waals surface area contributed by atoms with Crippen molar-refractivity contribution < 1.29 is 33.7 Å². The van der Waals surface area contributed by atoms with Gasteiger partial charge in [0.25, 0.3) is 5.91 Å². The molecule has 10 nitrogen and oxygen atoms in total. The first kappa shape index (κ1) is 24.1. The SMILES string of the molecule is CC(=O)NC[C@H]1CN(c2ccc(-c3ccnc(C(=O)N(CCO)CCO)c3)c(F)c2)C(=O)O1. The summed E-state index contributed by atoms with van der Waals surface area (Å²) in [5, 5.41) is 20.8. The van der Waals surface area contributed by atoms with E-state index in [-0.39, 0.29) is 56.6 Å². The van der Waals surface area contributed by atoms with Crippen molar-refractivity contribution in [2.75, 3.05) is 44.3 Å². The summed E-state index contributed by atoms with van der Waals surface area (Å²) in [7, 11) is 0. The maximum Gasteiger partial charge on any atom is 0.414 e. The van der Waals surface area contributed by atoms with Crippen molar-refractivity contribution in [1.82, 2.24) is 15.2 Å². The van der Waals surface area contributed by atoms with Crippen LogP contribution in [-0.2, 0) is 9.53 Å². The molecule has 0 saturated carbocycles. The number of carbonyl (C=O) groups excluding carboxylic acids is 3. The predicted molar refractivity (Wildman–Crippen MR) is 116 cm³/mol. The third kappa shape index (κ3) is 5.82. The maximum absolute atomic E-state index is 15.0. The second kappa shape index (κ2) is 10.8. The Kier molecular flexibility index (Phi) is 7.91. The number of ether oxygens (including phenoxy) is 1. The number of hydrogen-bond donors (Lipinski definition) is 3. The molecule has 0 unspecified atom stereocenters. The Hall–Kier alpha value is -3.57. The minimum atomic E-state index is -0.637. The summed E-state index contributed by atoms with van der Waals surface area (Å²) in [6.07, 6.45) is 0.192. The van der Waals surface area contributed by atoms with E-state index in [9.17, 15) is 18.8 Å². The van der Waals surface area contributed by atoms with E-state index >= 15 is 0 Å². The number of cyclic esters (lactones) is 1. The highest BCUT2D eigenvalue weighted by molar-refractivity contribution is 5.94. The van der Waals surface area contributed by atoms with Crippen LogP contribution < -0.4 is 10.2 Å². The fourth-order valence-corrected chi connectivity index (χ4v) is 3.44. The summed E-state index contributed by atoms with van der Waals surface area (Å²) in [5.74, 6) is -1.36. The van der Waals surface area contributed by atoms with Crippen molar-refractivity contribution in [3.05, 3.63) is 48.0 Å². The molecule has 1 atom stereocenters. The summed E-state index contributed by atoms with van der Waals surface area (Å²) in [5.41, 5.74) is 0.946. The topological polar surface area (TPSA) is 132 Å². The Bertz CT molecular complexity index is 1030. The zero-order valence-electron chi connectivity index (χ0n) is 18.0. The van der Waals surface area contributed by atoms with Gasteiger partial charge in [0.05, 0.1) is 32.0 Å². The first-order chi connectivity index (χ1) is 15.8. The number of halogens is 1. The van der Waals surface area contributed by atoms with Crippen LogP contribution in [0.3, 0.4) is 0 Å². The van der Waals surface area contributed by atoms with E-state index in [1.807, 2.05) is 0 Å². The van der Waals surface area contributed by atoms with Crippen molar-refractivity contribution in [3.63, 3.8) is 0 Å². The first-order valence-corrected chi connectivity index (χ1v) is 10.3. The van der Waals surface area contributed by atoms with Gasteiger partial charge in [0, 0.05) is 31.8 Å². The fraction of sp³-hybridized carbons (Fsp3) is 0.364. The average Bonchev–Trinajstić information content (AvgIpc) is 3.17. The van der Waals surface area contributed by atoms with Gasteiger partial charge in [0.2, 0.25) is 5.91 Å². The summed E-state index contributed by atoms with van der Waals surface area (Å²) >= 11 is 0. The lowest BCUT2D eigenvalue weighted by Crippen LogP contribution is -2.36. The van der Waals surface area contributed by atoms with Crippen LogP contribution in [0.1, 0.15) is 17.4 Å². The molecule has 33 heavy (non-hydrogen) atoms. The van der Waals surface area contributed by atoms with E-state index in [0.29, 0.717) is 11.3 Å². The third-order valence-electron chi connectivity index (χ3n) is 5.03. The molecule has 1 aliphatic rings. The molecule has 1 aromatic heterocycles. The Balaban J connectivity index is 1.79. The highest BCUT2D eigenvalue weighted by Crippen LogP contribution is 2.29. The van der Waals surface area contributed by atoms with Crippen LogP contribution in [0.2, 0.25) is 0 Å². The monoisotopic (exact) mass is 460 g/mol. The molecule has 0 aliphatic carbocycles. The van der Waals surface area contributed by atoms with Crippen molar-refractivity contribution in [1.29, 1.82) is 0 Å². The van der Waals surface area contributed by atoms with Gasteiger partial charge in [-0.2, -0.15) is 0 Å². The van der Waals surface area contributed by atoms with Gasteiger partial charge in [0.1, 0.15) is 17.6 Å². The lowest BCUT2D eigenvalue weighted by atomic mass is 10.0. The number of nitrogens with zero attached hydrogens (tertiary/aromatic N) is 3. The number of aliphatic hydroxyl groups excluding tert-OH is 2. The van der Waals surface area contributed by atoms with Gasteiger partial charge >= 0.3 is 6.09 Å². The van der Waals surface area contributed by atoms with Crippen LogP contribution in [0.4, 0.5) is 14.9 Å². The normalized spacial score (nSPS) is 15.3. The lowest BCUT2D eigenvalue weighted by Gasteiger charge is -2.20. The van der Waals surface area contributed by atoms with Gasteiger partial charge in [-0.05, 0) is 35.9 Å². The van der Waals surface area contributed by atoms with E-state index in [0.717, 1.165) is 0 Å². The van der Waals surface area contributed by atoms with Crippen molar-refractivity contribution in [2.45, 2.75) is 13.0 Å². The van der Waals surface area contributed by atoms with Crippen molar-refractivity contribution in [3.8, 4) is 11.1 Å². The first-order valence-electron chi connectivity index (χ1n) is 10.3. The van der Waals surface area contributed by atoms with Gasteiger partial charge in [0.15, 0.2) is 0 Å². The molecule has 1 saturated heterocycles. The molecule has 3 N–H and O–H groups in total. The molecule has 3 rings (SSSR count).